The molecule has 0 aliphatic heterocycles. The van der Waals surface area contributed by atoms with Gasteiger partial charge in [-0.05, 0) is 19.1 Å². The van der Waals surface area contributed by atoms with Gasteiger partial charge >= 0.3 is 0 Å². The lowest BCUT2D eigenvalue weighted by molar-refractivity contribution is -0.121. The summed E-state index contributed by atoms with van der Waals surface area (Å²) in [5.74, 6) is 0.968. The lowest BCUT2D eigenvalue weighted by atomic mass is 10.2. The molecule has 1 amide bonds. The highest BCUT2D eigenvalue weighted by molar-refractivity contribution is 5.75. The number of hydrogen-bond donors (Lipinski definition) is 1. The van der Waals surface area contributed by atoms with Crippen molar-refractivity contribution in [2.75, 3.05) is 20.3 Å². The van der Waals surface area contributed by atoms with Crippen molar-refractivity contribution in [2.24, 2.45) is 0 Å². The average molecular weight is 248 g/mol. The van der Waals surface area contributed by atoms with Gasteiger partial charge in [-0.2, -0.15) is 5.26 Å². The number of amides is 1. The molecule has 1 aromatic carbocycles. The quantitative estimate of drug-likeness (QED) is 0.827. The minimum Gasteiger partial charge on any atom is -0.493 e. The molecule has 0 aliphatic rings. The SMILES string of the molecule is CCNC(=O)CCOc1ccc(C#N)cc1OC. The summed E-state index contributed by atoms with van der Waals surface area (Å²) in [6, 6.07) is 6.92. The zero-order valence-corrected chi connectivity index (χ0v) is 10.5. The van der Waals surface area contributed by atoms with Gasteiger partial charge in [-0.15, -0.1) is 0 Å². The molecule has 0 bridgehead atoms. The number of nitriles is 1. The van der Waals surface area contributed by atoms with Crippen molar-refractivity contribution >= 4 is 5.91 Å². The molecule has 0 aliphatic carbocycles. The third-order valence-electron chi connectivity index (χ3n) is 2.25. The van der Waals surface area contributed by atoms with Gasteiger partial charge in [0.25, 0.3) is 0 Å². The molecular formula is C13H16N2O3. The summed E-state index contributed by atoms with van der Waals surface area (Å²) >= 11 is 0. The number of carbonyl (C=O) groups excluding carboxylic acids is 1. The highest BCUT2D eigenvalue weighted by Crippen LogP contribution is 2.27. The van der Waals surface area contributed by atoms with Crippen molar-refractivity contribution in [3.8, 4) is 17.6 Å². The first-order valence-corrected chi connectivity index (χ1v) is 5.69. The number of ether oxygens (including phenoxy) is 2. The van der Waals surface area contributed by atoms with Gasteiger partial charge < -0.3 is 14.8 Å². The third kappa shape index (κ3) is 3.98. The van der Waals surface area contributed by atoms with Gasteiger partial charge in [-0.3, -0.25) is 4.79 Å². The molecule has 96 valence electrons. The van der Waals surface area contributed by atoms with Gasteiger partial charge in [0.1, 0.15) is 0 Å². The zero-order chi connectivity index (χ0) is 13.4. The zero-order valence-electron chi connectivity index (χ0n) is 10.5. The molecule has 0 unspecified atom stereocenters. The van der Waals surface area contributed by atoms with Crippen LogP contribution in [0.25, 0.3) is 0 Å². The van der Waals surface area contributed by atoms with Crippen molar-refractivity contribution in [1.82, 2.24) is 5.32 Å². The Morgan fingerprint density at radius 3 is 2.83 bits per heavy atom. The molecule has 0 heterocycles. The van der Waals surface area contributed by atoms with E-state index in [2.05, 4.69) is 5.32 Å². The Morgan fingerprint density at radius 1 is 1.44 bits per heavy atom. The van der Waals surface area contributed by atoms with Gasteiger partial charge in [-0.25, -0.2) is 0 Å². The van der Waals surface area contributed by atoms with E-state index in [0.29, 0.717) is 23.6 Å². The average Bonchev–Trinajstić information content (AvgIpc) is 2.39. The summed E-state index contributed by atoms with van der Waals surface area (Å²) in [6.07, 6.45) is 0.289. The minimum absolute atomic E-state index is 0.0508. The van der Waals surface area contributed by atoms with E-state index in [-0.39, 0.29) is 18.9 Å². The molecule has 0 spiro atoms. The van der Waals surface area contributed by atoms with Crippen molar-refractivity contribution in [1.29, 1.82) is 5.26 Å². The molecule has 5 nitrogen and oxygen atoms in total. The van der Waals surface area contributed by atoms with E-state index in [4.69, 9.17) is 14.7 Å². The molecule has 18 heavy (non-hydrogen) atoms. The van der Waals surface area contributed by atoms with E-state index in [9.17, 15) is 4.79 Å². The lowest BCUT2D eigenvalue weighted by Crippen LogP contribution is -2.24. The summed E-state index contributed by atoms with van der Waals surface area (Å²) in [4.78, 5) is 11.2. The second-order valence-corrected chi connectivity index (χ2v) is 3.53. The van der Waals surface area contributed by atoms with Gasteiger partial charge in [0.05, 0.1) is 31.8 Å². The number of carbonyl (C=O) groups is 1. The fourth-order valence-corrected chi connectivity index (χ4v) is 1.40. The molecule has 0 saturated carbocycles. The van der Waals surface area contributed by atoms with Crippen LogP contribution in [-0.2, 0) is 4.79 Å². The first-order chi connectivity index (χ1) is 8.71. The Balaban J connectivity index is 2.57. The smallest absolute Gasteiger partial charge is 0.223 e. The van der Waals surface area contributed by atoms with E-state index in [1.165, 1.54) is 7.11 Å². The third-order valence-corrected chi connectivity index (χ3v) is 2.25. The van der Waals surface area contributed by atoms with Crippen LogP contribution >= 0.6 is 0 Å². The number of methoxy groups -OCH3 is 1. The number of hydrogen-bond acceptors (Lipinski definition) is 4. The number of nitrogens with one attached hydrogen (secondary N) is 1. The van der Waals surface area contributed by atoms with E-state index in [1.54, 1.807) is 18.2 Å². The van der Waals surface area contributed by atoms with Crippen LogP contribution in [0.1, 0.15) is 18.9 Å². The van der Waals surface area contributed by atoms with Crippen LogP contribution in [0, 0.1) is 11.3 Å². The first kappa shape index (κ1) is 13.8. The van der Waals surface area contributed by atoms with Crippen molar-refractivity contribution in [3.63, 3.8) is 0 Å². The molecule has 0 radical (unpaired) electrons. The maximum Gasteiger partial charge on any atom is 0.223 e. The molecular weight excluding hydrogens is 232 g/mol. The van der Waals surface area contributed by atoms with Crippen molar-refractivity contribution < 1.29 is 14.3 Å². The highest BCUT2D eigenvalue weighted by Gasteiger charge is 2.06. The maximum atomic E-state index is 11.2. The second-order valence-electron chi connectivity index (χ2n) is 3.53. The van der Waals surface area contributed by atoms with Gasteiger partial charge in [-0.1, -0.05) is 0 Å². The fraction of sp³-hybridized carbons (Fsp3) is 0.385. The summed E-state index contributed by atoms with van der Waals surface area (Å²) in [5, 5.41) is 11.4. The van der Waals surface area contributed by atoms with Crippen LogP contribution in [0.4, 0.5) is 0 Å². The monoisotopic (exact) mass is 248 g/mol. The Hall–Kier alpha value is -2.22. The molecule has 0 atom stereocenters. The molecule has 1 rings (SSSR count). The minimum atomic E-state index is -0.0508. The van der Waals surface area contributed by atoms with E-state index in [0.717, 1.165) is 0 Å². The van der Waals surface area contributed by atoms with E-state index in [1.807, 2.05) is 13.0 Å². The number of nitrogens with zero attached hydrogens (tertiary/aromatic N) is 1. The topological polar surface area (TPSA) is 71.3 Å². The molecule has 0 aromatic heterocycles. The number of rotatable bonds is 6. The van der Waals surface area contributed by atoms with E-state index >= 15 is 0 Å². The van der Waals surface area contributed by atoms with E-state index < -0.39 is 0 Å². The van der Waals surface area contributed by atoms with Crippen LogP contribution in [0.15, 0.2) is 18.2 Å². The van der Waals surface area contributed by atoms with Crippen LogP contribution in [0.5, 0.6) is 11.5 Å². The fourth-order valence-electron chi connectivity index (χ4n) is 1.40. The second kappa shape index (κ2) is 7.17. The summed E-state index contributed by atoms with van der Waals surface area (Å²) in [5.41, 5.74) is 0.503. The van der Waals surface area contributed by atoms with Crippen LogP contribution in [-0.4, -0.2) is 26.2 Å². The first-order valence-electron chi connectivity index (χ1n) is 5.69. The largest absolute Gasteiger partial charge is 0.493 e. The summed E-state index contributed by atoms with van der Waals surface area (Å²) in [6.45, 7) is 2.75. The van der Waals surface area contributed by atoms with Crippen LogP contribution in [0.2, 0.25) is 0 Å². The Bertz CT molecular complexity index is 452. The molecule has 5 heteroatoms. The summed E-state index contributed by atoms with van der Waals surface area (Å²) in [7, 11) is 1.51. The van der Waals surface area contributed by atoms with Crippen LogP contribution < -0.4 is 14.8 Å². The maximum absolute atomic E-state index is 11.2. The Labute approximate surface area is 106 Å². The highest BCUT2D eigenvalue weighted by atomic mass is 16.5. The van der Waals surface area contributed by atoms with Gasteiger partial charge in [0, 0.05) is 12.6 Å². The Kier molecular flexibility index (Phi) is 5.52. The van der Waals surface area contributed by atoms with Crippen molar-refractivity contribution in [3.05, 3.63) is 23.8 Å². The normalized spacial score (nSPS) is 9.39. The Morgan fingerprint density at radius 2 is 2.22 bits per heavy atom. The number of benzene rings is 1. The predicted octanol–water partition coefficient (Wildman–Crippen LogP) is 1.47. The molecule has 1 aromatic rings. The standard InChI is InChI=1S/C13H16N2O3/c1-3-15-13(16)6-7-18-11-5-4-10(9-14)8-12(11)17-2/h4-5,8H,3,6-7H2,1-2H3,(H,15,16). The molecule has 0 fully saturated rings. The lowest BCUT2D eigenvalue weighted by Gasteiger charge is -2.10. The predicted molar refractivity (Wildman–Crippen MR) is 66.5 cm³/mol. The van der Waals surface area contributed by atoms with Gasteiger partial charge in [0.2, 0.25) is 5.91 Å². The molecule has 1 N–H and O–H groups in total. The van der Waals surface area contributed by atoms with Crippen LogP contribution in [0.3, 0.4) is 0 Å². The van der Waals surface area contributed by atoms with Crippen molar-refractivity contribution in [2.45, 2.75) is 13.3 Å². The summed E-state index contributed by atoms with van der Waals surface area (Å²) < 4.78 is 10.6. The van der Waals surface area contributed by atoms with Gasteiger partial charge in [0.15, 0.2) is 11.5 Å². The molecule has 0 saturated heterocycles.